The maximum Gasteiger partial charge on any atom is 0.134 e. The van der Waals surface area contributed by atoms with Crippen molar-refractivity contribution in [1.82, 2.24) is 5.32 Å². The number of fused-ring (bicyclic) bond motifs is 1. The number of nitrogens with one attached hydrogen (secondary N) is 1. The van der Waals surface area contributed by atoms with Gasteiger partial charge in [-0.1, -0.05) is 18.6 Å². The molecule has 0 saturated carbocycles. The summed E-state index contributed by atoms with van der Waals surface area (Å²) in [5, 5.41) is 4.66. The average molecular weight is 269 g/mol. The molecule has 0 spiro atoms. The highest BCUT2D eigenvalue weighted by molar-refractivity contribution is 5.78. The van der Waals surface area contributed by atoms with Gasteiger partial charge < -0.3 is 14.2 Å². The summed E-state index contributed by atoms with van der Waals surface area (Å²) in [6.07, 6.45) is 4.54. The zero-order valence-corrected chi connectivity index (χ0v) is 11.8. The molecule has 0 aliphatic heterocycles. The van der Waals surface area contributed by atoms with Crippen molar-refractivity contribution in [3.8, 4) is 0 Å². The maximum absolute atomic E-state index is 6.00. The largest absolute Gasteiger partial charge is 0.472 e. The molecule has 2 heterocycles. The first-order valence-electron chi connectivity index (χ1n) is 7.03. The summed E-state index contributed by atoms with van der Waals surface area (Å²) in [5.41, 5.74) is 3.26. The molecule has 0 aliphatic carbocycles. The molecular formula is C17H19NO2. The standard InChI is InChI=1S/C17H19NO2/c1-3-7-18-17(13-6-8-19-11-13)16-10-14-9-12(2)4-5-15(14)20-16/h4-6,8-11,17-18H,3,7H2,1-2H3. The van der Waals surface area contributed by atoms with Gasteiger partial charge >= 0.3 is 0 Å². The van der Waals surface area contributed by atoms with Gasteiger partial charge in [0, 0.05) is 10.9 Å². The fraction of sp³-hybridized carbons (Fsp3) is 0.294. The van der Waals surface area contributed by atoms with Gasteiger partial charge in [0.15, 0.2) is 0 Å². The predicted molar refractivity (Wildman–Crippen MR) is 79.8 cm³/mol. The molecule has 1 aromatic carbocycles. The van der Waals surface area contributed by atoms with Crippen molar-refractivity contribution in [2.45, 2.75) is 26.3 Å². The van der Waals surface area contributed by atoms with Crippen LogP contribution in [-0.4, -0.2) is 6.54 Å². The first kappa shape index (κ1) is 13.0. The topological polar surface area (TPSA) is 38.3 Å². The van der Waals surface area contributed by atoms with E-state index in [0.29, 0.717) is 0 Å². The Morgan fingerprint density at radius 2 is 2.10 bits per heavy atom. The minimum atomic E-state index is 0.0430. The molecule has 2 aromatic heterocycles. The Morgan fingerprint density at radius 3 is 2.85 bits per heavy atom. The second-order valence-electron chi connectivity index (χ2n) is 5.13. The van der Waals surface area contributed by atoms with Gasteiger partial charge in [-0.3, -0.25) is 0 Å². The molecule has 3 aromatic rings. The monoisotopic (exact) mass is 269 g/mol. The number of rotatable bonds is 5. The average Bonchev–Trinajstić information content (AvgIpc) is 3.08. The van der Waals surface area contributed by atoms with Crippen LogP contribution in [0.2, 0.25) is 0 Å². The van der Waals surface area contributed by atoms with Crippen LogP contribution >= 0.6 is 0 Å². The Kier molecular flexibility index (Phi) is 3.61. The van der Waals surface area contributed by atoms with Crippen molar-refractivity contribution < 1.29 is 8.83 Å². The summed E-state index contributed by atoms with van der Waals surface area (Å²) >= 11 is 0. The zero-order chi connectivity index (χ0) is 13.9. The summed E-state index contributed by atoms with van der Waals surface area (Å²) < 4.78 is 11.2. The van der Waals surface area contributed by atoms with Crippen LogP contribution in [0.1, 0.15) is 36.3 Å². The normalized spacial score (nSPS) is 12.9. The Bertz CT molecular complexity index is 682. The summed E-state index contributed by atoms with van der Waals surface area (Å²) in [4.78, 5) is 0. The molecule has 104 valence electrons. The predicted octanol–water partition coefficient (Wildman–Crippen LogP) is 4.42. The number of aryl methyl sites for hydroxylation is 1. The third-order valence-corrected chi connectivity index (χ3v) is 3.45. The van der Waals surface area contributed by atoms with E-state index < -0.39 is 0 Å². The molecule has 1 atom stereocenters. The van der Waals surface area contributed by atoms with E-state index in [4.69, 9.17) is 8.83 Å². The molecule has 20 heavy (non-hydrogen) atoms. The van der Waals surface area contributed by atoms with Crippen LogP contribution in [0.4, 0.5) is 0 Å². The first-order valence-corrected chi connectivity index (χ1v) is 7.03. The minimum Gasteiger partial charge on any atom is -0.472 e. The number of benzene rings is 1. The molecule has 0 fully saturated rings. The molecule has 0 saturated heterocycles. The third-order valence-electron chi connectivity index (χ3n) is 3.45. The molecule has 1 unspecified atom stereocenters. The van der Waals surface area contributed by atoms with Gasteiger partial charge in [0.2, 0.25) is 0 Å². The van der Waals surface area contributed by atoms with Crippen molar-refractivity contribution in [1.29, 1.82) is 0 Å². The second kappa shape index (κ2) is 5.55. The highest BCUT2D eigenvalue weighted by atomic mass is 16.3. The van der Waals surface area contributed by atoms with E-state index in [2.05, 4.69) is 37.4 Å². The number of hydrogen-bond donors (Lipinski definition) is 1. The van der Waals surface area contributed by atoms with Crippen molar-refractivity contribution in [3.05, 3.63) is 59.7 Å². The van der Waals surface area contributed by atoms with Crippen LogP contribution < -0.4 is 5.32 Å². The highest BCUT2D eigenvalue weighted by Crippen LogP contribution is 2.29. The van der Waals surface area contributed by atoms with Crippen molar-refractivity contribution in [2.75, 3.05) is 6.54 Å². The highest BCUT2D eigenvalue weighted by Gasteiger charge is 2.18. The quantitative estimate of drug-likeness (QED) is 0.745. The SMILES string of the molecule is CCCNC(c1ccoc1)c1cc2cc(C)ccc2o1. The van der Waals surface area contributed by atoms with Gasteiger partial charge in [0.25, 0.3) is 0 Å². The van der Waals surface area contributed by atoms with E-state index in [1.807, 2.05) is 12.1 Å². The van der Waals surface area contributed by atoms with Gasteiger partial charge in [-0.2, -0.15) is 0 Å². The lowest BCUT2D eigenvalue weighted by Crippen LogP contribution is -2.22. The van der Waals surface area contributed by atoms with Gasteiger partial charge in [-0.05, 0) is 44.2 Å². The Hall–Kier alpha value is -2.00. The molecular weight excluding hydrogens is 250 g/mol. The molecule has 3 nitrogen and oxygen atoms in total. The van der Waals surface area contributed by atoms with Crippen molar-refractivity contribution >= 4 is 11.0 Å². The fourth-order valence-electron chi connectivity index (χ4n) is 2.44. The lowest BCUT2D eigenvalue weighted by atomic mass is 10.1. The molecule has 0 amide bonds. The van der Waals surface area contributed by atoms with Crippen LogP contribution in [0.25, 0.3) is 11.0 Å². The first-order chi connectivity index (χ1) is 9.78. The van der Waals surface area contributed by atoms with Crippen LogP contribution in [0.5, 0.6) is 0 Å². The minimum absolute atomic E-state index is 0.0430. The molecule has 0 radical (unpaired) electrons. The van der Waals surface area contributed by atoms with E-state index >= 15 is 0 Å². The molecule has 0 bridgehead atoms. The van der Waals surface area contributed by atoms with E-state index in [1.54, 1.807) is 12.5 Å². The summed E-state index contributed by atoms with van der Waals surface area (Å²) in [7, 11) is 0. The summed E-state index contributed by atoms with van der Waals surface area (Å²) in [6, 6.07) is 10.4. The lowest BCUT2D eigenvalue weighted by molar-refractivity contribution is 0.465. The smallest absolute Gasteiger partial charge is 0.134 e. The van der Waals surface area contributed by atoms with E-state index in [0.717, 1.165) is 35.3 Å². The number of hydrogen-bond acceptors (Lipinski definition) is 3. The molecule has 0 aliphatic rings. The molecule has 3 heteroatoms. The van der Waals surface area contributed by atoms with E-state index in [9.17, 15) is 0 Å². The fourth-order valence-corrected chi connectivity index (χ4v) is 2.44. The molecule has 1 N–H and O–H groups in total. The van der Waals surface area contributed by atoms with Gasteiger partial charge in [0.1, 0.15) is 11.3 Å². The number of furan rings is 2. The van der Waals surface area contributed by atoms with Gasteiger partial charge in [0.05, 0.1) is 18.6 Å². The van der Waals surface area contributed by atoms with Crippen molar-refractivity contribution in [3.63, 3.8) is 0 Å². The van der Waals surface area contributed by atoms with E-state index in [-0.39, 0.29) is 6.04 Å². The van der Waals surface area contributed by atoms with Crippen LogP contribution in [-0.2, 0) is 0 Å². The Labute approximate surface area is 118 Å². The van der Waals surface area contributed by atoms with Gasteiger partial charge in [-0.25, -0.2) is 0 Å². The second-order valence-corrected chi connectivity index (χ2v) is 5.13. The van der Waals surface area contributed by atoms with E-state index in [1.165, 1.54) is 5.56 Å². The van der Waals surface area contributed by atoms with Crippen LogP contribution in [0.15, 0.2) is 51.7 Å². The van der Waals surface area contributed by atoms with Gasteiger partial charge in [-0.15, -0.1) is 0 Å². The van der Waals surface area contributed by atoms with Crippen LogP contribution in [0.3, 0.4) is 0 Å². The maximum atomic E-state index is 6.00. The Morgan fingerprint density at radius 1 is 1.20 bits per heavy atom. The third kappa shape index (κ3) is 2.49. The molecule has 3 rings (SSSR count). The van der Waals surface area contributed by atoms with Crippen LogP contribution in [0, 0.1) is 6.92 Å². The Balaban J connectivity index is 1.99. The van der Waals surface area contributed by atoms with Crippen molar-refractivity contribution in [2.24, 2.45) is 0 Å². The summed E-state index contributed by atoms with van der Waals surface area (Å²) in [6.45, 7) is 5.18. The summed E-state index contributed by atoms with van der Waals surface area (Å²) in [5.74, 6) is 0.931. The lowest BCUT2D eigenvalue weighted by Gasteiger charge is -2.14. The zero-order valence-electron chi connectivity index (χ0n) is 11.8.